The van der Waals surface area contributed by atoms with Crippen LogP contribution in [-0.2, 0) is 6.42 Å². The summed E-state index contributed by atoms with van der Waals surface area (Å²) in [6.45, 7) is 3.18. The molecular weight excluding hydrogens is 484 g/mol. The van der Waals surface area contributed by atoms with Crippen molar-refractivity contribution in [1.29, 1.82) is 0 Å². The molecular formula is C39H38O. The van der Waals surface area contributed by atoms with E-state index in [1.54, 1.807) is 0 Å². The molecule has 5 aromatic rings. The normalized spacial score (nSPS) is 18.3. The zero-order valence-corrected chi connectivity index (χ0v) is 23.5. The van der Waals surface area contributed by atoms with Gasteiger partial charge < -0.3 is 4.74 Å². The maximum absolute atomic E-state index is 6.57. The molecule has 0 radical (unpaired) electrons. The van der Waals surface area contributed by atoms with Crippen molar-refractivity contribution in [3.05, 3.63) is 131 Å². The van der Waals surface area contributed by atoms with Gasteiger partial charge in [-0.05, 0) is 81.2 Å². The van der Waals surface area contributed by atoms with Crippen LogP contribution in [0.3, 0.4) is 0 Å². The van der Waals surface area contributed by atoms with Gasteiger partial charge in [-0.1, -0.05) is 129 Å². The molecule has 200 valence electrons. The van der Waals surface area contributed by atoms with Gasteiger partial charge in [-0.2, -0.15) is 0 Å². The molecule has 0 saturated heterocycles. The predicted octanol–water partition coefficient (Wildman–Crippen LogP) is 10.4. The summed E-state index contributed by atoms with van der Waals surface area (Å²) in [5, 5.41) is 5.13. The molecule has 2 aliphatic carbocycles. The average Bonchev–Trinajstić information content (AvgIpc) is 3.01. The number of allylic oxidation sites excluding steroid dienone is 2. The zero-order chi connectivity index (χ0) is 26.9. The van der Waals surface area contributed by atoms with Crippen molar-refractivity contribution < 1.29 is 4.74 Å². The number of ether oxygens (including phenoxy) is 1. The zero-order valence-electron chi connectivity index (χ0n) is 23.5. The first-order chi connectivity index (χ1) is 19.8. The van der Waals surface area contributed by atoms with E-state index in [2.05, 4.69) is 116 Å². The number of rotatable bonds is 6. The third-order valence-corrected chi connectivity index (χ3v) is 9.21. The highest BCUT2D eigenvalue weighted by Gasteiger charge is 2.29. The van der Waals surface area contributed by atoms with Crippen LogP contribution in [0.15, 0.2) is 109 Å². The van der Waals surface area contributed by atoms with Crippen molar-refractivity contribution in [2.24, 2.45) is 11.8 Å². The van der Waals surface area contributed by atoms with Gasteiger partial charge in [0.25, 0.3) is 0 Å². The minimum absolute atomic E-state index is 0.118. The lowest BCUT2D eigenvalue weighted by Crippen LogP contribution is -2.16. The summed E-state index contributed by atoms with van der Waals surface area (Å²) in [7, 11) is 0. The smallest absolute Gasteiger partial charge is 0.127 e. The summed E-state index contributed by atoms with van der Waals surface area (Å²) in [5.41, 5.74) is 6.99. The average molecular weight is 523 g/mol. The minimum atomic E-state index is 0.118. The highest BCUT2D eigenvalue weighted by atomic mass is 16.5. The lowest BCUT2D eigenvalue weighted by molar-refractivity contribution is 0.210. The SMILES string of the molecule is CC1C=C(C(c2cccc3ccccc23)c2ccc(OCC3CCCCC3)c3ccccc23)c2ccccc2C1. The molecule has 7 rings (SSSR count). The Balaban J connectivity index is 1.41. The minimum Gasteiger partial charge on any atom is -0.493 e. The Kier molecular flexibility index (Phi) is 6.90. The van der Waals surface area contributed by atoms with E-state index in [4.69, 9.17) is 4.74 Å². The van der Waals surface area contributed by atoms with Gasteiger partial charge in [0.05, 0.1) is 6.61 Å². The number of fused-ring (bicyclic) bond motifs is 3. The monoisotopic (exact) mass is 522 g/mol. The Bertz CT molecular complexity index is 1680. The first-order valence-electron chi connectivity index (χ1n) is 15.2. The Morgan fingerprint density at radius 3 is 2.25 bits per heavy atom. The number of hydrogen-bond acceptors (Lipinski definition) is 1. The maximum Gasteiger partial charge on any atom is 0.127 e. The van der Waals surface area contributed by atoms with E-state index in [1.165, 1.54) is 81.5 Å². The molecule has 0 bridgehead atoms. The van der Waals surface area contributed by atoms with Crippen molar-refractivity contribution in [2.75, 3.05) is 6.61 Å². The number of benzene rings is 5. The molecule has 2 aliphatic rings. The van der Waals surface area contributed by atoms with Crippen molar-refractivity contribution in [1.82, 2.24) is 0 Å². The molecule has 40 heavy (non-hydrogen) atoms. The van der Waals surface area contributed by atoms with Crippen LogP contribution in [0.2, 0.25) is 0 Å². The molecule has 2 unspecified atom stereocenters. The quantitative estimate of drug-likeness (QED) is 0.215. The maximum atomic E-state index is 6.57. The van der Waals surface area contributed by atoms with Crippen LogP contribution in [0.25, 0.3) is 27.1 Å². The third-order valence-electron chi connectivity index (χ3n) is 9.21. The van der Waals surface area contributed by atoms with Crippen LogP contribution in [0.1, 0.15) is 67.2 Å². The fraction of sp³-hybridized carbons (Fsp3) is 0.282. The molecule has 0 aliphatic heterocycles. The summed E-state index contributed by atoms with van der Waals surface area (Å²) >= 11 is 0. The Hall–Kier alpha value is -3.84. The van der Waals surface area contributed by atoms with Gasteiger partial charge in [-0.15, -0.1) is 0 Å². The van der Waals surface area contributed by atoms with Crippen LogP contribution >= 0.6 is 0 Å². The molecule has 1 saturated carbocycles. The van der Waals surface area contributed by atoms with E-state index in [9.17, 15) is 0 Å². The van der Waals surface area contributed by atoms with Crippen LogP contribution in [0.5, 0.6) is 5.75 Å². The molecule has 1 heteroatoms. The molecule has 0 spiro atoms. The summed E-state index contributed by atoms with van der Waals surface area (Å²) in [6, 6.07) is 38.2. The fourth-order valence-corrected chi connectivity index (χ4v) is 7.27. The number of hydrogen-bond donors (Lipinski definition) is 0. The van der Waals surface area contributed by atoms with Crippen LogP contribution in [0.4, 0.5) is 0 Å². The van der Waals surface area contributed by atoms with E-state index in [-0.39, 0.29) is 5.92 Å². The third kappa shape index (κ3) is 4.73. The molecule has 2 atom stereocenters. The first kappa shape index (κ1) is 25.1. The Morgan fingerprint density at radius 2 is 1.38 bits per heavy atom. The molecule has 0 aromatic heterocycles. The summed E-state index contributed by atoms with van der Waals surface area (Å²) in [6.07, 6.45) is 10.3. The summed E-state index contributed by atoms with van der Waals surface area (Å²) in [4.78, 5) is 0. The van der Waals surface area contributed by atoms with Crippen molar-refractivity contribution in [2.45, 2.75) is 51.4 Å². The van der Waals surface area contributed by atoms with Gasteiger partial charge in [-0.3, -0.25) is 0 Å². The van der Waals surface area contributed by atoms with Crippen LogP contribution < -0.4 is 4.74 Å². The highest BCUT2D eigenvalue weighted by Crippen LogP contribution is 2.47. The molecule has 0 heterocycles. The summed E-state index contributed by atoms with van der Waals surface area (Å²) < 4.78 is 6.57. The Morgan fingerprint density at radius 1 is 0.675 bits per heavy atom. The van der Waals surface area contributed by atoms with Crippen LogP contribution in [0, 0.1) is 11.8 Å². The fourth-order valence-electron chi connectivity index (χ4n) is 7.27. The molecule has 0 amide bonds. The summed E-state index contributed by atoms with van der Waals surface area (Å²) in [5.74, 6) is 2.31. The molecule has 0 N–H and O–H groups in total. The van der Waals surface area contributed by atoms with Crippen molar-refractivity contribution in [3.63, 3.8) is 0 Å². The Labute approximate surface area is 238 Å². The van der Waals surface area contributed by atoms with E-state index < -0.39 is 0 Å². The van der Waals surface area contributed by atoms with Gasteiger partial charge >= 0.3 is 0 Å². The lowest BCUT2D eigenvalue weighted by atomic mass is 9.73. The van der Waals surface area contributed by atoms with Crippen LogP contribution in [-0.4, -0.2) is 6.61 Å². The van der Waals surface area contributed by atoms with Crippen molar-refractivity contribution >= 4 is 27.1 Å². The topological polar surface area (TPSA) is 9.23 Å². The second kappa shape index (κ2) is 11.0. The second-order valence-electron chi connectivity index (χ2n) is 12.0. The molecule has 1 fully saturated rings. The first-order valence-corrected chi connectivity index (χ1v) is 15.2. The lowest BCUT2D eigenvalue weighted by Gasteiger charge is -2.31. The standard InChI is InChI=1S/C39H38O/c1-27-24-30-15-6-8-18-32(30)37(25-27)39(35-21-11-16-29-14-5-7-17-31(29)35)36-22-23-38(34-20-10-9-19-33(34)36)40-26-28-12-3-2-4-13-28/h5-11,14-23,25,27-28,39H,2-4,12-13,24,26H2,1H3. The van der Waals surface area contributed by atoms with Gasteiger partial charge in [0, 0.05) is 11.3 Å². The molecule has 1 nitrogen and oxygen atoms in total. The van der Waals surface area contributed by atoms with E-state index in [1.807, 2.05) is 0 Å². The van der Waals surface area contributed by atoms with Gasteiger partial charge in [0.2, 0.25) is 0 Å². The van der Waals surface area contributed by atoms with Gasteiger partial charge in [-0.25, -0.2) is 0 Å². The van der Waals surface area contributed by atoms with Gasteiger partial charge in [0.15, 0.2) is 0 Å². The van der Waals surface area contributed by atoms with E-state index >= 15 is 0 Å². The van der Waals surface area contributed by atoms with Gasteiger partial charge in [0.1, 0.15) is 5.75 Å². The largest absolute Gasteiger partial charge is 0.493 e. The highest BCUT2D eigenvalue weighted by molar-refractivity contribution is 5.97. The molecule has 5 aromatic carbocycles. The van der Waals surface area contributed by atoms with E-state index in [0.29, 0.717) is 11.8 Å². The second-order valence-corrected chi connectivity index (χ2v) is 12.0. The van der Waals surface area contributed by atoms with E-state index in [0.717, 1.165) is 18.8 Å². The predicted molar refractivity (Wildman–Crippen MR) is 169 cm³/mol. The van der Waals surface area contributed by atoms with Crippen molar-refractivity contribution in [3.8, 4) is 5.75 Å².